The summed E-state index contributed by atoms with van der Waals surface area (Å²) in [6.45, 7) is 8.94. The molecule has 3 aliphatic heterocycles. The predicted octanol–water partition coefficient (Wildman–Crippen LogP) is 6.10. The lowest BCUT2D eigenvalue weighted by molar-refractivity contribution is -0.162. The van der Waals surface area contributed by atoms with Crippen molar-refractivity contribution in [3.63, 3.8) is 0 Å². The summed E-state index contributed by atoms with van der Waals surface area (Å²) in [6.07, 6.45) is 2.52. The average Bonchev–Trinajstić information content (AvgIpc) is 3.76. The molecular weight excluding hydrogens is 762 g/mol. The highest BCUT2D eigenvalue weighted by atomic mass is 79.9. The number of ether oxygens (including phenoxy) is 2. The summed E-state index contributed by atoms with van der Waals surface area (Å²) >= 11 is 9.93. The average molecular weight is 805 g/mol. The first kappa shape index (κ1) is 38.4. The fourth-order valence-electron chi connectivity index (χ4n) is 8.14. The van der Waals surface area contributed by atoms with Gasteiger partial charge in [0.15, 0.2) is 0 Å². The third kappa shape index (κ3) is 7.32. The van der Waals surface area contributed by atoms with Crippen molar-refractivity contribution in [3.05, 3.63) is 126 Å². The molecule has 3 saturated heterocycles. The van der Waals surface area contributed by atoms with Crippen LogP contribution in [-0.2, 0) is 28.7 Å². The highest BCUT2D eigenvalue weighted by Crippen LogP contribution is 2.61. The van der Waals surface area contributed by atoms with Crippen molar-refractivity contribution in [1.29, 1.82) is 0 Å². The Morgan fingerprint density at radius 1 is 1.06 bits per heavy atom. The zero-order valence-corrected chi connectivity index (χ0v) is 31.7. The smallest absolute Gasteiger partial charge is 0.313 e. The SMILES string of the molecule is C=CCCC(=O)N[C@H](C)[C@@H](OC(=O)[C@H]1[C@@H]2O[C@@]3(CC2Br)[C@@H]1C(=O)N([C@H](CO)c1ccccc1)[C@@H]3C(=O)N(CC=C)c1ccc(Cl)cc1)c1ccccc1. The number of aliphatic hydroxyl groups excluding tert-OH is 1. The van der Waals surface area contributed by atoms with Gasteiger partial charge in [-0.3, -0.25) is 19.2 Å². The van der Waals surface area contributed by atoms with E-state index in [0.29, 0.717) is 28.3 Å². The van der Waals surface area contributed by atoms with E-state index >= 15 is 9.59 Å². The topological polar surface area (TPSA) is 125 Å². The van der Waals surface area contributed by atoms with Gasteiger partial charge in [-0.2, -0.15) is 0 Å². The molecule has 3 aromatic rings. The van der Waals surface area contributed by atoms with Crippen molar-refractivity contribution in [1.82, 2.24) is 10.2 Å². The number of alkyl halides is 1. The van der Waals surface area contributed by atoms with Crippen LogP contribution in [0.3, 0.4) is 0 Å². The Morgan fingerprint density at radius 3 is 2.30 bits per heavy atom. The Bertz CT molecular complexity index is 1830. The zero-order chi connectivity index (χ0) is 37.9. The summed E-state index contributed by atoms with van der Waals surface area (Å²) in [4.78, 5) is 60.0. The van der Waals surface area contributed by atoms with E-state index in [2.05, 4.69) is 34.4 Å². The van der Waals surface area contributed by atoms with Gasteiger partial charge in [0, 0.05) is 28.5 Å². The predicted molar refractivity (Wildman–Crippen MR) is 205 cm³/mol. The molecule has 0 aliphatic carbocycles. The second kappa shape index (κ2) is 16.4. The maximum absolute atomic E-state index is 15.1. The van der Waals surface area contributed by atoms with E-state index in [1.807, 2.05) is 36.4 Å². The first-order valence-electron chi connectivity index (χ1n) is 17.7. The van der Waals surface area contributed by atoms with E-state index in [-0.39, 0.29) is 25.3 Å². The molecule has 3 aliphatic rings. The number of hydrogen-bond donors (Lipinski definition) is 2. The number of amides is 3. The van der Waals surface area contributed by atoms with Crippen molar-refractivity contribution in [2.45, 2.75) is 66.9 Å². The third-order valence-electron chi connectivity index (χ3n) is 10.4. The lowest BCUT2D eigenvalue weighted by Gasteiger charge is -2.39. The summed E-state index contributed by atoms with van der Waals surface area (Å²) < 4.78 is 13.1. The number of aliphatic hydroxyl groups is 1. The Kier molecular flexibility index (Phi) is 11.9. The number of anilines is 1. The van der Waals surface area contributed by atoms with Gasteiger partial charge < -0.3 is 29.7 Å². The fraction of sp³-hybridized carbons (Fsp3) is 0.366. The number of hydrogen-bond acceptors (Lipinski definition) is 7. The molecule has 3 aromatic carbocycles. The second-order valence-electron chi connectivity index (χ2n) is 13.7. The molecule has 53 heavy (non-hydrogen) atoms. The molecule has 1 unspecified atom stereocenters. The maximum Gasteiger partial charge on any atom is 0.313 e. The fourth-order valence-corrected chi connectivity index (χ4v) is 9.21. The van der Waals surface area contributed by atoms with Gasteiger partial charge in [0.1, 0.15) is 17.7 Å². The molecule has 3 amide bonds. The van der Waals surface area contributed by atoms with Gasteiger partial charge in [0.2, 0.25) is 11.8 Å². The lowest BCUT2D eigenvalue weighted by Crippen LogP contribution is -2.57. The van der Waals surface area contributed by atoms with Gasteiger partial charge in [-0.05, 0) is 55.2 Å². The minimum atomic E-state index is -1.45. The molecule has 6 rings (SSSR count). The summed E-state index contributed by atoms with van der Waals surface area (Å²) in [5.74, 6) is -4.06. The number of allylic oxidation sites excluding steroid dienone is 1. The largest absolute Gasteiger partial charge is 0.455 e. The van der Waals surface area contributed by atoms with Crippen molar-refractivity contribution < 1.29 is 33.8 Å². The number of nitrogens with zero attached hydrogens (tertiary/aromatic N) is 2. The molecule has 1 spiro atoms. The van der Waals surface area contributed by atoms with Gasteiger partial charge in [-0.25, -0.2) is 0 Å². The standard InChI is InChI=1S/C41H43BrClN3O7/c1-4-6-17-32(48)44-25(3)35(27-15-11-8-12-16-27)52-40(51)33-34-38(49)46(31(24-47)26-13-9-7-10-14-26)37(41(34)23-30(42)36(33)53-41)39(50)45(22-5-2)29-20-18-28(43)19-21-29/h4-5,7-16,18-21,25,30-31,33-37,47H,1-2,6,17,22-24H2,3H3,(H,44,48)/t25-,30?,31-,33-,34+,35-,36-,37-,41+/m1/s1. The van der Waals surface area contributed by atoms with Crippen LogP contribution < -0.4 is 10.2 Å². The first-order chi connectivity index (χ1) is 25.6. The number of halogens is 2. The van der Waals surface area contributed by atoms with Crippen LogP contribution in [0.4, 0.5) is 5.69 Å². The van der Waals surface area contributed by atoms with Crippen molar-refractivity contribution in [2.75, 3.05) is 18.1 Å². The molecule has 0 radical (unpaired) electrons. The van der Waals surface area contributed by atoms with Crippen LogP contribution in [0.5, 0.6) is 0 Å². The number of benzene rings is 3. The lowest BCUT2D eigenvalue weighted by atomic mass is 9.70. The number of esters is 1. The number of carbonyl (C=O) groups is 4. The monoisotopic (exact) mass is 803 g/mol. The van der Waals surface area contributed by atoms with Crippen molar-refractivity contribution in [2.24, 2.45) is 11.8 Å². The quantitative estimate of drug-likeness (QED) is 0.108. The second-order valence-corrected chi connectivity index (χ2v) is 15.3. The van der Waals surface area contributed by atoms with E-state index in [1.165, 1.54) is 9.80 Å². The van der Waals surface area contributed by atoms with E-state index in [4.69, 9.17) is 21.1 Å². The van der Waals surface area contributed by atoms with Gasteiger partial charge >= 0.3 is 5.97 Å². The number of likely N-dealkylation sites (tertiary alicyclic amines) is 1. The molecule has 3 fully saturated rings. The molecule has 2 bridgehead atoms. The molecule has 12 heteroatoms. The summed E-state index contributed by atoms with van der Waals surface area (Å²) in [6, 6.07) is 22.1. The van der Waals surface area contributed by atoms with Crippen LogP contribution in [0.25, 0.3) is 0 Å². The molecule has 2 N–H and O–H groups in total. The van der Waals surface area contributed by atoms with Crippen LogP contribution in [0.1, 0.15) is 49.5 Å². The van der Waals surface area contributed by atoms with E-state index in [9.17, 15) is 14.7 Å². The van der Waals surface area contributed by atoms with Crippen LogP contribution in [0.2, 0.25) is 5.02 Å². The first-order valence-corrected chi connectivity index (χ1v) is 19.0. The maximum atomic E-state index is 15.1. The van der Waals surface area contributed by atoms with Crippen molar-refractivity contribution in [3.8, 4) is 0 Å². The van der Waals surface area contributed by atoms with Crippen LogP contribution in [0.15, 0.2) is 110 Å². The van der Waals surface area contributed by atoms with E-state index in [1.54, 1.807) is 67.6 Å². The van der Waals surface area contributed by atoms with Crippen LogP contribution in [-0.4, -0.2) is 75.5 Å². The molecule has 10 nitrogen and oxygen atoms in total. The minimum absolute atomic E-state index is 0.108. The zero-order valence-electron chi connectivity index (χ0n) is 29.4. The van der Waals surface area contributed by atoms with E-state index in [0.717, 1.165) is 0 Å². The van der Waals surface area contributed by atoms with Crippen LogP contribution >= 0.6 is 27.5 Å². The molecule has 0 saturated carbocycles. The van der Waals surface area contributed by atoms with Gasteiger partial charge in [0.25, 0.3) is 5.91 Å². The summed E-state index contributed by atoms with van der Waals surface area (Å²) in [7, 11) is 0. The molecule has 278 valence electrons. The Hall–Kier alpha value is -4.29. The summed E-state index contributed by atoms with van der Waals surface area (Å²) in [5.41, 5.74) is 0.359. The molecule has 9 atom stereocenters. The van der Waals surface area contributed by atoms with Crippen LogP contribution in [0, 0.1) is 11.8 Å². The van der Waals surface area contributed by atoms with E-state index < -0.39 is 77.0 Å². The molecular formula is C41H43BrClN3O7. The highest BCUT2D eigenvalue weighted by Gasteiger charge is 2.77. The molecule has 3 heterocycles. The number of nitrogens with one attached hydrogen (secondary N) is 1. The third-order valence-corrected chi connectivity index (χ3v) is 11.5. The highest BCUT2D eigenvalue weighted by molar-refractivity contribution is 9.09. The Balaban J connectivity index is 1.41. The normalized spacial score (nSPS) is 25.9. The number of rotatable bonds is 15. The molecule has 0 aromatic heterocycles. The van der Waals surface area contributed by atoms with Gasteiger partial charge in [0.05, 0.1) is 36.6 Å². The van der Waals surface area contributed by atoms with Crippen molar-refractivity contribution >= 4 is 56.9 Å². The van der Waals surface area contributed by atoms with Gasteiger partial charge in [-0.1, -0.05) is 100 Å². The van der Waals surface area contributed by atoms with Gasteiger partial charge in [-0.15, -0.1) is 13.2 Å². The number of fused-ring (bicyclic) bond motifs is 1. The Morgan fingerprint density at radius 2 is 1.70 bits per heavy atom. The summed E-state index contributed by atoms with van der Waals surface area (Å²) in [5, 5.41) is 14.3. The Labute approximate surface area is 322 Å². The number of carbonyl (C=O) groups excluding carboxylic acids is 4. The minimum Gasteiger partial charge on any atom is -0.455 e.